The van der Waals surface area contributed by atoms with Gasteiger partial charge in [-0.25, -0.2) is 0 Å². The summed E-state index contributed by atoms with van der Waals surface area (Å²) in [6.45, 7) is 6.15. The summed E-state index contributed by atoms with van der Waals surface area (Å²) in [5, 5.41) is 3.06. The first-order valence-electron chi connectivity index (χ1n) is 8.09. The Hall–Kier alpha value is -2.66. The van der Waals surface area contributed by atoms with Gasteiger partial charge in [0.15, 0.2) is 0 Å². The van der Waals surface area contributed by atoms with Crippen molar-refractivity contribution in [2.24, 2.45) is 0 Å². The van der Waals surface area contributed by atoms with E-state index in [1.165, 1.54) is 9.75 Å². The summed E-state index contributed by atoms with van der Waals surface area (Å²) in [6, 6.07) is 12.9. The first kappa shape index (κ1) is 17.2. The predicted molar refractivity (Wildman–Crippen MR) is 100 cm³/mol. The maximum Gasteiger partial charge on any atom is 0.255 e. The lowest BCUT2D eigenvalue weighted by Gasteiger charge is -2.16. The number of thiophene rings is 1. The molecule has 0 saturated heterocycles. The summed E-state index contributed by atoms with van der Waals surface area (Å²) in [4.78, 5) is 19.3. The van der Waals surface area contributed by atoms with Crippen LogP contribution in [0.4, 0.5) is 0 Å². The largest absolute Gasteiger partial charge is 0.455 e. The predicted octanol–water partition coefficient (Wildman–Crippen LogP) is 5.04. The lowest BCUT2D eigenvalue weighted by molar-refractivity contribution is 0.0937. The number of ether oxygens (including phenoxy) is 1. The van der Waals surface area contributed by atoms with Crippen LogP contribution < -0.4 is 10.1 Å². The summed E-state index contributed by atoms with van der Waals surface area (Å²) >= 11 is 1.74. The Morgan fingerprint density at radius 1 is 1.20 bits per heavy atom. The molecule has 1 atom stereocenters. The third kappa shape index (κ3) is 4.06. The number of para-hydroxylation sites is 1. The van der Waals surface area contributed by atoms with E-state index < -0.39 is 0 Å². The topological polar surface area (TPSA) is 51.2 Å². The van der Waals surface area contributed by atoms with Crippen LogP contribution in [-0.2, 0) is 0 Å². The summed E-state index contributed by atoms with van der Waals surface area (Å²) < 4.78 is 5.82. The molecule has 3 rings (SSSR count). The highest BCUT2D eigenvalue weighted by Gasteiger charge is 2.18. The number of aryl methyl sites for hydroxylation is 2. The Morgan fingerprint density at radius 2 is 2.00 bits per heavy atom. The number of pyridine rings is 1. The van der Waals surface area contributed by atoms with Gasteiger partial charge in [0.2, 0.25) is 0 Å². The molecule has 5 heteroatoms. The van der Waals surface area contributed by atoms with Gasteiger partial charge in [0.05, 0.1) is 17.8 Å². The number of nitrogens with zero attached hydrogens (tertiary/aromatic N) is 1. The second kappa shape index (κ2) is 7.49. The fraction of sp³-hybridized carbons (Fsp3) is 0.200. The van der Waals surface area contributed by atoms with Crippen LogP contribution >= 0.6 is 11.3 Å². The monoisotopic (exact) mass is 352 g/mol. The average Bonchev–Trinajstić information content (AvgIpc) is 2.94. The lowest BCUT2D eigenvalue weighted by atomic mass is 10.1. The second-order valence-electron chi connectivity index (χ2n) is 5.85. The Bertz CT molecular complexity index is 874. The summed E-state index contributed by atoms with van der Waals surface area (Å²) in [5.74, 6) is 0.953. The molecule has 0 radical (unpaired) electrons. The molecule has 0 fully saturated rings. The number of carbonyl (C=O) groups is 1. The summed E-state index contributed by atoms with van der Waals surface area (Å²) in [6.07, 6.45) is 3.30. The molecular weight excluding hydrogens is 332 g/mol. The first-order valence-corrected chi connectivity index (χ1v) is 8.91. The zero-order chi connectivity index (χ0) is 17.8. The van der Waals surface area contributed by atoms with E-state index in [1.54, 1.807) is 41.9 Å². The zero-order valence-corrected chi connectivity index (χ0v) is 15.3. The van der Waals surface area contributed by atoms with E-state index in [0.717, 1.165) is 5.56 Å². The molecule has 0 bridgehead atoms. The van der Waals surface area contributed by atoms with Crippen molar-refractivity contribution < 1.29 is 9.53 Å². The number of aromatic nitrogens is 1. The van der Waals surface area contributed by atoms with Crippen LogP contribution in [0.1, 0.15) is 38.6 Å². The fourth-order valence-electron chi connectivity index (χ4n) is 2.71. The standard InChI is InChI=1S/C20H20N2O2S/c1-13-11-18(15(3)25-13)14(2)22-20(23)17-8-4-5-9-19(17)24-16-7-6-10-21-12-16/h4-12,14H,1-3H3,(H,22,23). The minimum Gasteiger partial charge on any atom is -0.455 e. The molecule has 1 amide bonds. The molecule has 2 heterocycles. The van der Waals surface area contributed by atoms with Crippen LogP contribution in [0, 0.1) is 13.8 Å². The molecule has 0 aliphatic carbocycles. The van der Waals surface area contributed by atoms with Crippen molar-refractivity contribution in [1.82, 2.24) is 10.3 Å². The summed E-state index contributed by atoms with van der Waals surface area (Å²) in [7, 11) is 0. The maximum absolute atomic E-state index is 12.8. The molecule has 4 nitrogen and oxygen atoms in total. The van der Waals surface area contributed by atoms with Crippen molar-refractivity contribution in [2.75, 3.05) is 0 Å². The third-order valence-electron chi connectivity index (χ3n) is 3.89. The van der Waals surface area contributed by atoms with Gasteiger partial charge in [0.1, 0.15) is 11.5 Å². The van der Waals surface area contributed by atoms with E-state index in [4.69, 9.17) is 4.74 Å². The molecule has 128 valence electrons. The summed E-state index contributed by atoms with van der Waals surface area (Å²) in [5.41, 5.74) is 1.66. The van der Waals surface area contributed by atoms with Gasteiger partial charge in [-0.3, -0.25) is 9.78 Å². The van der Waals surface area contributed by atoms with Gasteiger partial charge in [-0.15, -0.1) is 11.3 Å². The van der Waals surface area contributed by atoms with Crippen LogP contribution in [0.3, 0.4) is 0 Å². The number of carbonyl (C=O) groups excluding carboxylic acids is 1. The fourth-order valence-corrected chi connectivity index (χ4v) is 3.73. The van der Waals surface area contributed by atoms with E-state index in [-0.39, 0.29) is 11.9 Å². The van der Waals surface area contributed by atoms with Gasteiger partial charge in [-0.05, 0) is 56.7 Å². The quantitative estimate of drug-likeness (QED) is 0.699. The number of hydrogen-bond acceptors (Lipinski definition) is 4. The molecule has 1 N–H and O–H groups in total. The molecule has 3 aromatic rings. The number of hydrogen-bond donors (Lipinski definition) is 1. The normalized spacial score (nSPS) is 11.8. The molecular formula is C20H20N2O2S. The Kier molecular flexibility index (Phi) is 5.14. The van der Waals surface area contributed by atoms with Crippen LogP contribution in [-0.4, -0.2) is 10.9 Å². The first-order chi connectivity index (χ1) is 12.0. The van der Waals surface area contributed by atoms with E-state index in [0.29, 0.717) is 17.1 Å². The van der Waals surface area contributed by atoms with E-state index in [9.17, 15) is 4.79 Å². The number of amides is 1. The Balaban J connectivity index is 1.79. The molecule has 1 unspecified atom stereocenters. The van der Waals surface area contributed by atoms with Crippen molar-refractivity contribution in [3.63, 3.8) is 0 Å². The van der Waals surface area contributed by atoms with Crippen LogP contribution in [0.5, 0.6) is 11.5 Å². The minimum atomic E-state index is -0.157. The van der Waals surface area contributed by atoms with Gasteiger partial charge in [0, 0.05) is 16.0 Å². The SMILES string of the molecule is Cc1cc(C(C)NC(=O)c2ccccc2Oc2cccnc2)c(C)s1. The highest BCUT2D eigenvalue weighted by atomic mass is 32.1. The highest BCUT2D eigenvalue weighted by molar-refractivity contribution is 7.12. The van der Waals surface area contributed by atoms with Gasteiger partial charge in [-0.1, -0.05) is 12.1 Å². The number of nitrogens with one attached hydrogen (secondary N) is 1. The molecule has 25 heavy (non-hydrogen) atoms. The maximum atomic E-state index is 12.8. The lowest BCUT2D eigenvalue weighted by Crippen LogP contribution is -2.27. The van der Waals surface area contributed by atoms with Gasteiger partial charge in [-0.2, -0.15) is 0 Å². The Labute approximate surface area is 151 Å². The van der Waals surface area contributed by atoms with Crippen molar-refractivity contribution in [1.29, 1.82) is 0 Å². The number of benzene rings is 1. The van der Waals surface area contributed by atoms with Gasteiger partial charge < -0.3 is 10.1 Å². The molecule has 0 spiro atoms. The molecule has 1 aromatic carbocycles. The van der Waals surface area contributed by atoms with E-state index >= 15 is 0 Å². The number of rotatable bonds is 5. The minimum absolute atomic E-state index is 0.0658. The molecule has 0 aliphatic rings. The van der Waals surface area contributed by atoms with Crippen LogP contribution in [0.15, 0.2) is 54.9 Å². The van der Waals surface area contributed by atoms with Crippen molar-refractivity contribution in [3.8, 4) is 11.5 Å². The highest BCUT2D eigenvalue weighted by Crippen LogP contribution is 2.28. The van der Waals surface area contributed by atoms with E-state index in [2.05, 4.69) is 30.2 Å². The van der Waals surface area contributed by atoms with Gasteiger partial charge in [0.25, 0.3) is 5.91 Å². The van der Waals surface area contributed by atoms with Crippen molar-refractivity contribution in [2.45, 2.75) is 26.8 Å². The van der Waals surface area contributed by atoms with E-state index in [1.807, 2.05) is 25.1 Å². The van der Waals surface area contributed by atoms with Crippen LogP contribution in [0.2, 0.25) is 0 Å². The smallest absolute Gasteiger partial charge is 0.255 e. The zero-order valence-electron chi connectivity index (χ0n) is 14.4. The Morgan fingerprint density at radius 3 is 2.68 bits per heavy atom. The van der Waals surface area contributed by atoms with Crippen molar-refractivity contribution in [3.05, 3.63) is 75.7 Å². The third-order valence-corrected chi connectivity index (χ3v) is 4.87. The molecule has 0 aliphatic heterocycles. The van der Waals surface area contributed by atoms with Crippen LogP contribution in [0.25, 0.3) is 0 Å². The molecule has 0 saturated carbocycles. The average molecular weight is 352 g/mol. The van der Waals surface area contributed by atoms with Crippen molar-refractivity contribution >= 4 is 17.2 Å². The molecule has 2 aromatic heterocycles. The van der Waals surface area contributed by atoms with Gasteiger partial charge >= 0.3 is 0 Å². The second-order valence-corrected chi connectivity index (χ2v) is 7.31.